The predicted molar refractivity (Wildman–Crippen MR) is 225 cm³/mol. The van der Waals surface area contributed by atoms with Gasteiger partial charge in [0.25, 0.3) is 0 Å². The summed E-state index contributed by atoms with van der Waals surface area (Å²) < 4.78 is 43.2. The Morgan fingerprint density at radius 3 is 2.09 bits per heavy atom. The van der Waals surface area contributed by atoms with Crippen molar-refractivity contribution >= 4 is 106 Å². The summed E-state index contributed by atoms with van der Waals surface area (Å²) in [5.74, 6) is 1.16. The Morgan fingerprint density at radius 1 is 0.855 bits per heavy atom. The molecule has 55 heavy (non-hydrogen) atoms. The third-order valence-corrected chi connectivity index (χ3v) is 12.7. The van der Waals surface area contributed by atoms with Gasteiger partial charge in [0.1, 0.15) is 10.5 Å². The first-order valence-corrected chi connectivity index (χ1v) is 21.4. The molecule has 0 aliphatic rings. The zero-order valence-electron chi connectivity index (χ0n) is 30.8. The number of hydrogen-bond donors (Lipinski definition) is 4. The van der Waals surface area contributed by atoms with Crippen LogP contribution in [0.2, 0.25) is 0 Å². The van der Waals surface area contributed by atoms with Crippen LogP contribution in [-0.4, -0.2) is 65.6 Å². The zero-order valence-corrected chi connectivity index (χ0v) is 34.1. The lowest BCUT2D eigenvalue weighted by molar-refractivity contribution is 0.406. The van der Waals surface area contributed by atoms with Crippen molar-refractivity contribution in [3.8, 4) is 5.75 Å². The van der Waals surface area contributed by atoms with E-state index < -0.39 is 10.1 Å². The van der Waals surface area contributed by atoms with Gasteiger partial charge in [-0.15, -0.1) is 10.2 Å². The maximum atomic E-state index is 12.0. The van der Waals surface area contributed by atoms with Crippen molar-refractivity contribution in [1.29, 1.82) is 0 Å². The summed E-state index contributed by atoms with van der Waals surface area (Å²) in [6.45, 7) is 11.6. The molecule has 0 radical (unpaired) electrons. The molecule has 0 fully saturated rings. The third kappa shape index (κ3) is 9.25. The molecule has 0 aliphatic heterocycles. The minimum Gasteiger partial charge on any atom is -0.494 e. The van der Waals surface area contributed by atoms with Crippen molar-refractivity contribution in [2.45, 2.75) is 42.8 Å². The number of benzene rings is 3. The van der Waals surface area contributed by atoms with E-state index in [1.54, 1.807) is 0 Å². The van der Waals surface area contributed by atoms with Crippen molar-refractivity contribution < 1.29 is 17.7 Å². The fraction of sp³-hybridized carbons (Fsp3) is 0.278. The van der Waals surface area contributed by atoms with Crippen LogP contribution in [-0.2, 0) is 15.9 Å². The molecular formula is C36H41N11O4S4. The van der Waals surface area contributed by atoms with Gasteiger partial charge in [-0.3, -0.25) is 4.55 Å². The topological polar surface area (TPSA) is 196 Å². The molecular weight excluding hydrogens is 779 g/mol. The number of nitrogens with one attached hydrogen (secondary N) is 2. The minimum absolute atomic E-state index is 0.0329. The summed E-state index contributed by atoms with van der Waals surface area (Å²) in [6.07, 6.45) is 0. The number of nitrogen functional groups attached to an aromatic ring is 1. The first-order chi connectivity index (χ1) is 26.5. The van der Waals surface area contributed by atoms with E-state index in [2.05, 4.69) is 62.7 Å². The molecule has 0 bridgehead atoms. The van der Waals surface area contributed by atoms with E-state index in [9.17, 15) is 13.0 Å². The van der Waals surface area contributed by atoms with Crippen LogP contribution >= 0.6 is 34.6 Å². The lowest BCUT2D eigenvalue weighted by Gasteiger charge is -2.22. The molecule has 0 saturated heterocycles. The zero-order chi connectivity index (χ0) is 39.1. The van der Waals surface area contributed by atoms with Crippen molar-refractivity contribution in [1.82, 2.24) is 19.3 Å². The number of anilines is 7. The third-order valence-electron chi connectivity index (χ3n) is 8.52. The molecule has 0 spiro atoms. The monoisotopic (exact) mass is 819 g/mol. The van der Waals surface area contributed by atoms with Crippen molar-refractivity contribution in [2.75, 3.05) is 59.5 Å². The lowest BCUT2D eigenvalue weighted by Crippen LogP contribution is -2.21. The number of methoxy groups -OCH3 is 1. The molecule has 6 aromatic rings. The van der Waals surface area contributed by atoms with Crippen LogP contribution in [0.1, 0.15) is 33.3 Å². The molecule has 288 valence electrons. The highest BCUT2D eigenvalue weighted by molar-refractivity contribution is 7.98. The largest absolute Gasteiger partial charge is 0.494 e. The highest BCUT2D eigenvalue weighted by atomic mass is 32.3. The second kappa shape index (κ2) is 17.6. The van der Waals surface area contributed by atoms with E-state index in [1.807, 2.05) is 66.7 Å². The molecule has 15 nitrogen and oxygen atoms in total. The number of ether oxygens (including phenoxy) is 1. The first-order valence-electron chi connectivity index (χ1n) is 17.4. The summed E-state index contributed by atoms with van der Waals surface area (Å²) in [5, 5.41) is 16.9. The van der Waals surface area contributed by atoms with E-state index in [1.165, 1.54) is 18.9 Å². The Balaban J connectivity index is 1.40. The minimum atomic E-state index is -4.54. The van der Waals surface area contributed by atoms with Gasteiger partial charge >= 0.3 is 10.1 Å². The molecule has 0 aliphatic carbocycles. The Labute approximate surface area is 332 Å². The summed E-state index contributed by atoms with van der Waals surface area (Å²) in [6, 6.07) is 21.6. The number of hydrogen-bond acceptors (Lipinski definition) is 17. The van der Waals surface area contributed by atoms with Crippen molar-refractivity contribution in [2.24, 2.45) is 10.2 Å². The fourth-order valence-electron chi connectivity index (χ4n) is 5.72. The second-order valence-corrected chi connectivity index (χ2v) is 16.2. The van der Waals surface area contributed by atoms with Gasteiger partial charge < -0.3 is 30.9 Å². The average Bonchev–Trinajstić information content (AvgIpc) is 3.76. The Morgan fingerprint density at radius 2 is 1.47 bits per heavy atom. The second-order valence-electron chi connectivity index (χ2n) is 11.9. The highest BCUT2D eigenvalue weighted by Gasteiger charge is 2.27. The van der Waals surface area contributed by atoms with Gasteiger partial charge in [0.2, 0.25) is 11.9 Å². The van der Waals surface area contributed by atoms with E-state index in [0.29, 0.717) is 54.8 Å². The molecule has 5 N–H and O–H groups in total. The summed E-state index contributed by atoms with van der Waals surface area (Å²) >= 11 is 3.31. The molecule has 0 atom stereocenters. The van der Waals surface area contributed by atoms with E-state index >= 15 is 0 Å². The van der Waals surface area contributed by atoms with Crippen molar-refractivity contribution in [3.05, 3.63) is 72.3 Å². The molecule has 0 amide bonds. The van der Waals surface area contributed by atoms with Crippen LogP contribution < -0.4 is 30.9 Å². The van der Waals surface area contributed by atoms with Crippen LogP contribution in [0.15, 0.2) is 86.3 Å². The first kappa shape index (κ1) is 39.6. The number of nitrogens with two attached hydrogens (primary N) is 1. The number of nitrogens with zero attached hydrogens (tertiary/aromatic N) is 8. The van der Waals surface area contributed by atoms with Gasteiger partial charge in [0.15, 0.2) is 20.1 Å². The summed E-state index contributed by atoms with van der Waals surface area (Å²) in [4.78, 5) is 19.1. The quantitative estimate of drug-likeness (QED) is 0.0294. The highest BCUT2D eigenvalue weighted by Crippen LogP contribution is 2.47. The fourth-order valence-corrected chi connectivity index (χ4v) is 9.28. The van der Waals surface area contributed by atoms with Crippen LogP contribution in [0.5, 0.6) is 5.75 Å². The normalized spacial score (nSPS) is 11.7. The Bertz CT molecular complexity index is 2400. The molecule has 19 heteroatoms. The van der Waals surface area contributed by atoms with Crippen LogP contribution in [0.4, 0.5) is 51.0 Å². The van der Waals surface area contributed by atoms with Crippen LogP contribution in [0.25, 0.3) is 10.2 Å². The van der Waals surface area contributed by atoms with Gasteiger partial charge in [-0.1, -0.05) is 53.4 Å². The van der Waals surface area contributed by atoms with E-state index in [0.717, 1.165) is 66.0 Å². The van der Waals surface area contributed by atoms with Crippen molar-refractivity contribution in [3.63, 3.8) is 0 Å². The van der Waals surface area contributed by atoms with Gasteiger partial charge in [-0.05, 0) is 81.2 Å². The van der Waals surface area contributed by atoms with Gasteiger partial charge in [0, 0.05) is 43.3 Å². The predicted octanol–water partition coefficient (Wildman–Crippen LogP) is 9.27. The number of fused-ring (bicyclic) bond motifs is 1. The molecule has 3 aromatic carbocycles. The maximum absolute atomic E-state index is 12.0. The Hall–Kier alpha value is -5.08. The number of rotatable bonds is 17. The average molecular weight is 820 g/mol. The van der Waals surface area contributed by atoms with E-state index in [-0.39, 0.29) is 15.9 Å². The molecule has 0 unspecified atom stereocenters. The maximum Gasteiger partial charge on any atom is 0.307 e. The smallest absolute Gasteiger partial charge is 0.307 e. The number of azo groups is 1. The summed E-state index contributed by atoms with van der Waals surface area (Å²) in [7, 11) is -3.22. The molecule has 3 aromatic heterocycles. The molecule has 0 saturated carbocycles. The number of aromatic nitrogens is 4. The Kier molecular flexibility index (Phi) is 12.7. The standard InChI is InChI=1S/C36H41N11O4S4/c1-6-46(7-2)23-15-17-25(37)27(19-23)38-34-40-35(42-36(41-34)52-21-22-13-11-10-12-14-22)39-28-20-24(47(8-3)9-4)16-18-26(28)43-44-31-29-30(51-5)33(55(48,49)50)53-32(29)45-54-31/h10-20H,6-9,21,37H2,1-5H3,(H,48,49,50)(H2,38,39,40,41,42). The van der Waals surface area contributed by atoms with Crippen LogP contribution in [0.3, 0.4) is 0 Å². The van der Waals surface area contributed by atoms with Gasteiger partial charge in [0.05, 0.1) is 29.6 Å². The van der Waals surface area contributed by atoms with Gasteiger partial charge in [-0.25, -0.2) is 0 Å². The van der Waals surface area contributed by atoms with Crippen LogP contribution in [0, 0.1) is 0 Å². The van der Waals surface area contributed by atoms with E-state index in [4.69, 9.17) is 25.4 Å². The van der Waals surface area contributed by atoms with Gasteiger partial charge in [-0.2, -0.15) is 27.7 Å². The molecule has 3 heterocycles. The lowest BCUT2D eigenvalue weighted by atomic mass is 10.2. The summed E-state index contributed by atoms with van der Waals surface area (Å²) in [5.41, 5.74) is 11.7. The molecule has 6 rings (SSSR count). The number of thioether (sulfide) groups is 1. The SMILES string of the molecule is CCN(CC)c1ccc(N)c(Nc2nc(Nc3cc(N(CC)CC)ccc3N=Nc3snc4sc(S(=O)(=O)O)c(OC)c34)nc(SCc3ccccc3)n2)c1. The number of thiophene rings is 1.